The highest BCUT2D eigenvalue weighted by Crippen LogP contribution is 2.30. The minimum Gasteiger partial charge on any atom is -0.324 e. The zero-order valence-electron chi connectivity index (χ0n) is 11.7. The van der Waals surface area contributed by atoms with E-state index in [4.69, 9.17) is 11.6 Å². The van der Waals surface area contributed by atoms with Crippen LogP contribution in [-0.2, 0) is 4.79 Å². The van der Waals surface area contributed by atoms with Crippen LogP contribution in [0.4, 0.5) is 11.4 Å². The first-order chi connectivity index (χ1) is 10.4. The van der Waals surface area contributed by atoms with E-state index in [1.165, 1.54) is 41.3 Å². The van der Waals surface area contributed by atoms with Gasteiger partial charge in [-0.3, -0.25) is 14.9 Å². The number of thioether (sulfide) groups is 1. The van der Waals surface area contributed by atoms with Gasteiger partial charge >= 0.3 is 0 Å². The number of rotatable bonds is 5. The topological polar surface area (TPSA) is 85.1 Å². The van der Waals surface area contributed by atoms with Gasteiger partial charge in [-0.25, -0.2) is 4.98 Å². The van der Waals surface area contributed by atoms with Gasteiger partial charge in [0.15, 0.2) is 4.34 Å². The number of nitrogens with zero attached hydrogens (tertiary/aromatic N) is 2. The molecule has 0 aliphatic heterocycles. The van der Waals surface area contributed by atoms with E-state index in [1.54, 1.807) is 6.92 Å². The fourth-order valence-electron chi connectivity index (χ4n) is 1.55. The van der Waals surface area contributed by atoms with Gasteiger partial charge < -0.3 is 5.32 Å². The zero-order chi connectivity index (χ0) is 16.3. The predicted octanol–water partition coefficient (Wildman–Crippen LogP) is 4.13. The van der Waals surface area contributed by atoms with E-state index in [-0.39, 0.29) is 22.3 Å². The molecule has 0 radical (unpaired) electrons. The highest BCUT2D eigenvalue weighted by molar-refractivity contribution is 8.02. The number of carbonyl (C=O) groups excluding carboxylic acids is 1. The second-order valence-electron chi connectivity index (χ2n) is 4.43. The van der Waals surface area contributed by atoms with Gasteiger partial charge in [-0.2, -0.15) is 0 Å². The molecule has 1 N–H and O–H groups in total. The molecule has 2 rings (SSSR count). The number of aryl methyl sites for hydroxylation is 1. The Labute approximate surface area is 140 Å². The number of nitro groups is 1. The molecule has 0 aliphatic carbocycles. The molecule has 0 spiro atoms. The molecule has 1 atom stereocenters. The summed E-state index contributed by atoms with van der Waals surface area (Å²) in [6.07, 6.45) is 0. The summed E-state index contributed by atoms with van der Waals surface area (Å²) < 4.78 is 0.797. The lowest BCUT2D eigenvalue weighted by atomic mass is 10.2. The number of amides is 1. The molecule has 0 fully saturated rings. The molecule has 1 heterocycles. The Morgan fingerprint density at radius 3 is 2.86 bits per heavy atom. The van der Waals surface area contributed by atoms with Crippen molar-refractivity contribution in [1.82, 2.24) is 4.98 Å². The number of halogens is 1. The predicted molar refractivity (Wildman–Crippen MR) is 88.9 cm³/mol. The molecular weight excluding hydrogens is 346 g/mol. The van der Waals surface area contributed by atoms with E-state index in [0.29, 0.717) is 0 Å². The number of aromatic nitrogens is 1. The van der Waals surface area contributed by atoms with E-state index in [9.17, 15) is 14.9 Å². The van der Waals surface area contributed by atoms with Crippen LogP contribution in [0.25, 0.3) is 0 Å². The van der Waals surface area contributed by atoms with Crippen molar-refractivity contribution in [2.75, 3.05) is 5.32 Å². The van der Waals surface area contributed by atoms with Gasteiger partial charge in [0.05, 0.1) is 20.9 Å². The van der Waals surface area contributed by atoms with Crippen molar-refractivity contribution in [3.63, 3.8) is 0 Å². The Balaban J connectivity index is 2.07. The van der Waals surface area contributed by atoms with Crippen LogP contribution in [0, 0.1) is 17.0 Å². The lowest BCUT2D eigenvalue weighted by Crippen LogP contribution is -2.22. The Bertz CT molecular complexity index is 720. The Kier molecular flexibility index (Phi) is 5.38. The maximum absolute atomic E-state index is 12.2. The molecule has 1 amide bonds. The molecule has 1 aromatic carbocycles. The molecule has 9 heteroatoms. The standard InChI is InChI=1S/C13H12ClN3O3S2/c1-7-6-21-13(15-7)22-8(2)12(18)16-11-5-9(17(19)20)3-4-10(11)14/h3-6,8H,1-2H3,(H,16,18)/t8-/m0/s1. The number of hydrogen-bond donors (Lipinski definition) is 1. The van der Waals surface area contributed by atoms with Crippen molar-refractivity contribution in [2.24, 2.45) is 0 Å². The Morgan fingerprint density at radius 2 is 2.27 bits per heavy atom. The average molecular weight is 358 g/mol. The smallest absolute Gasteiger partial charge is 0.271 e. The molecule has 0 bridgehead atoms. The number of carbonyl (C=O) groups is 1. The van der Waals surface area contributed by atoms with E-state index < -0.39 is 10.2 Å². The molecule has 116 valence electrons. The van der Waals surface area contributed by atoms with Gasteiger partial charge in [0.2, 0.25) is 5.91 Å². The molecule has 6 nitrogen and oxygen atoms in total. The molecule has 0 saturated heterocycles. The summed E-state index contributed by atoms with van der Waals surface area (Å²) in [4.78, 5) is 26.7. The minimum absolute atomic E-state index is 0.129. The first-order valence-electron chi connectivity index (χ1n) is 6.20. The molecule has 2 aromatic rings. The summed E-state index contributed by atoms with van der Waals surface area (Å²) in [5, 5.41) is 15.1. The van der Waals surface area contributed by atoms with Crippen molar-refractivity contribution < 1.29 is 9.72 Å². The van der Waals surface area contributed by atoms with Crippen LogP contribution < -0.4 is 5.32 Å². The minimum atomic E-state index is -0.539. The number of benzene rings is 1. The molecule has 0 saturated carbocycles. The summed E-state index contributed by atoms with van der Waals surface area (Å²) in [6.45, 7) is 3.62. The van der Waals surface area contributed by atoms with Gasteiger partial charge in [0.25, 0.3) is 5.69 Å². The van der Waals surface area contributed by atoms with Crippen LogP contribution >= 0.6 is 34.7 Å². The summed E-state index contributed by atoms with van der Waals surface area (Å²) in [5.74, 6) is -0.291. The van der Waals surface area contributed by atoms with Crippen LogP contribution in [0.15, 0.2) is 27.9 Å². The fraction of sp³-hybridized carbons (Fsp3) is 0.231. The molecule has 22 heavy (non-hydrogen) atoms. The third kappa shape index (κ3) is 4.19. The molecule has 0 aliphatic rings. The quantitative estimate of drug-likeness (QED) is 0.494. The number of non-ortho nitro benzene ring substituents is 1. The SMILES string of the molecule is Cc1csc(S[C@@H](C)C(=O)Nc2cc([N+](=O)[O-])ccc2Cl)n1. The highest BCUT2D eigenvalue weighted by atomic mass is 35.5. The lowest BCUT2D eigenvalue weighted by molar-refractivity contribution is -0.384. The molecular formula is C13H12ClN3O3S2. The Morgan fingerprint density at radius 1 is 1.55 bits per heavy atom. The van der Waals surface area contributed by atoms with Gasteiger partial charge in [-0.05, 0) is 19.9 Å². The van der Waals surface area contributed by atoms with Crippen molar-refractivity contribution >= 4 is 52.0 Å². The Hall–Kier alpha value is -1.64. The van der Waals surface area contributed by atoms with Gasteiger partial charge in [0.1, 0.15) is 0 Å². The monoisotopic (exact) mass is 357 g/mol. The average Bonchev–Trinajstić information content (AvgIpc) is 2.86. The van der Waals surface area contributed by atoms with Crippen molar-refractivity contribution in [3.8, 4) is 0 Å². The van der Waals surface area contributed by atoms with Crippen molar-refractivity contribution in [3.05, 3.63) is 44.4 Å². The largest absolute Gasteiger partial charge is 0.324 e. The second kappa shape index (κ2) is 7.08. The first kappa shape index (κ1) is 16.7. The van der Waals surface area contributed by atoms with Gasteiger partial charge in [-0.15, -0.1) is 11.3 Å². The van der Waals surface area contributed by atoms with Crippen LogP contribution in [0.1, 0.15) is 12.6 Å². The maximum Gasteiger partial charge on any atom is 0.271 e. The number of nitrogens with one attached hydrogen (secondary N) is 1. The van der Waals surface area contributed by atoms with E-state index in [1.807, 2.05) is 12.3 Å². The molecule has 1 aromatic heterocycles. The number of anilines is 1. The number of thiazole rings is 1. The van der Waals surface area contributed by atoms with Crippen molar-refractivity contribution in [1.29, 1.82) is 0 Å². The third-order valence-corrected chi connectivity index (χ3v) is 5.18. The van der Waals surface area contributed by atoms with E-state index >= 15 is 0 Å². The summed E-state index contributed by atoms with van der Waals surface area (Å²) >= 11 is 8.75. The number of hydrogen-bond acceptors (Lipinski definition) is 6. The van der Waals surface area contributed by atoms with Crippen LogP contribution in [-0.4, -0.2) is 21.1 Å². The fourth-order valence-corrected chi connectivity index (χ4v) is 3.70. The lowest BCUT2D eigenvalue weighted by Gasteiger charge is -2.11. The summed E-state index contributed by atoms with van der Waals surface area (Å²) in [7, 11) is 0. The zero-order valence-corrected chi connectivity index (χ0v) is 14.1. The van der Waals surface area contributed by atoms with Crippen LogP contribution in [0.5, 0.6) is 0 Å². The van der Waals surface area contributed by atoms with Crippen LogP contribution in [0.3, 0.4) is 0 Å². The summed E-state index contributed by atoms with van der Waals surface area (Å²) in [6, 6.07) is 3.91. The van der Waals surface area contributed by atoms with Gasteiger partial charge in [-0.1, -0.05) is 23.4 Å². The third-order valence-electron chi connectivity index (χ3n) is 2.66. The van der Waals surface area contributed by atoms with E-state index in [2.05, 4.69) is 10.3 Å². The first-order valence-corrected chi connectivity index (χ1v) is 8.34. The van der Waals surface area contributed by atoms with E-state index in [0.717, 1.165) is 10.0 Å². The van der Waals surface area contributed by atoms with Crippen molar-refractivity contribution in [2.45, 2.75) is 23.4 Å². The number of nitro benzene ring substituents is 1. The van der Waals surface area contributed by atoms with Crippen LogP contribution in [0.2, 0.25) is 5.02 Å². The van der Waals surface area contributed by atoms with Gasteiger partial charge in [0, 0.05) is 23.2 Å². The summed E-state index contributed by atoms with van der Waals surface area (Å²) in [5.41, 5.74) is 1.00. The maximum atomic E-state index is 12.2. The molecule has 0 unspecified atom stereocenters. The normalized spacial score (nSPS) is 12.0. The highest BCUT2D eigenvalue weighted by Gasteiger charge is 2.18. The second-order valence-corrected chi connectivity index (χ2v) is 7.28.